The van der Waals surface area contributed by atoms with Gasteiger partial charge < -0.3 is 20.4 Å². The molecule has 0 aromatic heterocycles. The Balaban J connectivity index is 4.90. The van der Waals surface area contributed by atoms with E-state index in [0.29, 0.717) is 0 Å². The average molecular weight is 354 g/mol. The summed E-state index contributed by atoms with van der Waals surface area (Å²) in [5.41, 5.74) is 0. The summed E-state index contributed by atoms with van der Waals surface area (Å²) in [6.45, 7) is -3.90. The second-order valence-corrected chi connectivity index (χ2v) is 6.68. The van der Waals surface area contributed by atoms with E-state index in [1.807, 2.05) is 0 Å². The van der Waals surface area contributed by atoms with Crippen LogP contribution in [0.2, 0.25) is 0 Å². The maximum Gasteiger partial charge on any atom is 0.483 e. The van der Waals surface area contributed by atoms with Crippen molar-refractivity contribution in [2.24, 2.45) is 0 Å². The fourth-order valence-electron chi connectivity index (χ4n) is 0.902. The minimum atomic E-state index is -4.45. The fraction of sp³-hybridized carbons (Fsp3) is 1.00. The molecule has 0 fully saturated rings. The standard InChI is InChI=1S/C8H20O11P2/c9-1-5-15-20(13,16-6-2-10)19-21(14,17-7-3-11)18-8-4-12/h9-12H,1-8H2. The number of phosphoric acid groups is 2. The molecule has 0 unspecified atom stereocenters. The molecule has 0 bridgehead atoms. The van der Waals surface area contributed by atoms with Gasteiger partial charge in [-0.25, -0.2) is 9.13 Å². The van der Waals surface area contributed by atoms with Gasteiger partial charge in [0.05, 0.1) is 52.9 Å². The molecule has 21 heavy (non-hydrogen) atoms. The van der Waals surface area contributed by atoms with E-state index in [1.165, 1.54) is 0 Å². The van der Waals surface area contributed by atoms with Gasteiger partial charge in [-0.15, -0.1) is 0 Å². The van der Waals surface area contributed by atoms with E-state index in [0.717, 1.165) is 0 Å². The van der Waals surface area contributed by atoms with Crippen LogP contribution in [0.15, 0.2) is 0 Å². The van der Waals surface area contributed by atoms with Crippen molar-refractivity contribution in [1.29, 1.82) is 0 Å². The van der Waals surface area contributed by atoms with Crippen molar-refractivity contribution in [3.05, 3.63) is 0 Å². The highest BCUT2D eigenvalue weighted by molar-refractivity contribution is 7.62. The van der Waals surface area contributed by atoms with Crippen molar-refractivity contribution >= 4 is 15.6 Å². The van der Waals surface area contributed by atoms with E-state index in [-0.39, 0.29) is 0 Å². The maximum absolute atomic E-state index is 12.1. The molecule has 0 spiro atoms. The van der Waals surface area contributed by atoms with Crippen molar-refractivity contribution < 1.29 is 52.0 Å². The molecule has 4 N–H and O–H groups in total. The van der Waals surface area contributed by atoms with E-state index >= 15 is 0 Å². The van der Waals surface area contributed by atoms with Gasteiger partial charge in [-0.3, -0.25) is 18.1 Å². The minimum Gasteiger partial charge on any atom is -0.394 e. The van der Waals surface area contributed by atoms with Crippen LogP contribution >= 0.6 is 15.6 Å². The van der Waals surface area contributed by atoms with Gasteiger partial charge in [-0.1, -0.05) is 0 Å². The zero-order chi connectivity index (χ0) is 16.2. The quantitative estimate of drug-likeness (QED) is 0.291. The Bertz CT molecular complexity index is 293. The molecule has 0 aromatic rings. The molecule has 0 aliphatic heterocycles. The number of aliphatic hydroxyl groups is 4. The van der Waals surface area contributed by atoms with Crippen LogP contribution in [-0.4, -0.2) is 73.3 Å². The third-order valence-corrected chi connectivity index (χ3v) is 5.16. The van der Waals surface area contributed by atoms with E-state index in [4.69, 9.17) is 20.4 Å². The van der Waals surface area contributed by atoms with Crippen molar-refractivity contribution in [1.82, 2.24) is 0 Å². The molecule has 0 radical (unpaired) electrons. The van der Waals surface area contributed by atoms with E-state index in [1.54, 1.807) is 0 Å². The lowest BCUT2D eigenvalue weighted by Gasteiger charge is -2.22. The topological polar surface area (TPSA) is 161 Å². The summed E-state index contributed by atoms with van der Waals surface area (Å²) < 4.78 is 47.4. The van der Waals surface area contributed by atoms with Crippen molar-refractivity contribution in [3.8, 4) is 0 Å². The second-order valence-electron chi connectivity index (χ2n) is 3.20. The van der Waals surface area contributed by atoms with Crippen molar-refractivity contribution in [2.45, 2.75) is 0 Å². The summed E-state index contributed by atoms with van der Waals surface area (Å²) in [6.07, 6.45) is 0. The van der Waals surface area contributed by atoms with Crippen LogP contribution in [0.4, 0.5) is 0 Å². The Morgan fingerprint density at radius 2 is 0.810 bits per heavy atom. The predicted molar refractivity (Wildman–Crippen MR) is 68.4 cm³/mol. The zero-order valence-corrected chi connectivity index (χ0v) is 13.0. The third-order valence-electron chi connectivity index (χ3n) is 1.56. The molecular formula is C8H20O11P2. The summed E-state index contributed by atoms with van der Waals surface area (Å²) in [7, 11) is -8.90. The monoisotopic (exact) mass is 354 g/mol. The van der Waals surface area contributed by atoms with Crippen LogP contribution < -0.4 is 0 Å². The maximum atomic E-state index is 12.1. The summed E-state index contributed by atoms with van der Waals surface area (Å²) in [4.78, 5) is 0. The number of aliphatic hydroxyl groups excluding tert-OH is 4. The van der Waals surface area contributed by atoms with Gasteiger partial charge >= 0.3 is 15.6 Å². The Kier molecular flexibility index (Phi) is 11.7. The summed E-state index contributed by atoms with van der Waals surface area (Å²) in [5.74, 6) is 0. The molecule has 11 nitrogen and oxygen atoms in total. The molecule has 0 heterocycles. The lowest BCUT2D eigenvalue weighted by molar-refractivity contribution is 0.0757. The molecular weight excluding hydrogens is 334 g/mol. The van der Waals surface area contributed by atoms with Gasteiger partial charge in [0.25, 0.3) is 0 Å². The highest BCUT2D eigenvalue weighted by Crippen LogP contribution is 2.65. The first-order chi connectivity index (χ1) is 9.95. The Morgan fingerprint density at radius 3 is 1.00 bits per heavy atom. The molecule has 0 amide bonds. The molecule has 0 saturated heterocycles. The first kappa shape index (κ1) is 21.1. The van der Waals surface area contributed by atoms with Gasteiger partial charge in [0.2, 0.25) is 0 Å². The molecule has 0 aliphatic rings. The minimum absolute atomic E-state index is 0.456. The van der Waals surface area contributed by atoms with E-state index in [9.17, 15) is 9.13 Å². The molecule has 128 valence electrons. The third kappa shape index (κ3) is 9.67. The molecule has 0 aliphatic carbocycles. The number of hydrogen-bond acceptors (Lipinski definition) is 11. The van der Waals surface area contributed by atoms with Crippen molar-refractivity contribution in [3.63, 3.8) is 0 Å². The molecule has 0 rings (SSSR count). The van der Waals surface area contributed by atoms with Gasteiger partial charge in [0.1, 0.15) is 0 Å². The molecule has 0 saturated carbocycles. The van der Waals surface area contributed by atoms with Gasteiger partial charge in [0.15, 0.2) is 0 Å². The highest BCUT2D eigenvalue weighted by atomic mass is 31.3. The molecule has 13 heteroatoms. The van der Waals surface area contributed by atoms with Crippen LogP contribution in [0.25, 0.3) is 0 Å². The Labute approximate surface area is 121 Å². The first-order valence-electron chi connectivity index (χ1n) is 5.88. The lowest BCUT2D eigenvalue weighted by Crippen LogP contribution is -2.10. The highest BCUT2D eigenvalue weighted by Gasteiger charge is 2.40. The van der Waals surface area contributed by atoms with Crippen LogP contribution in [0.3, 0.4) is 0 Å². The van der Waals surface area contributed by atoms with E-state index in [2.05, 4.69) is 22.4 Å². The van der Waals surface area contributed by atoms with Crippen LogP contribution in [0, 0.1) is 0 Å². The van der Waals surface area contributed by atoms with Crippen LogP contribution in [0.5, 0.6) is 0 Å². The molecule has 0 atom stereocenters. The normalized spacial score (nSPS) is 12.8. The zero-order valence-electron chi connectivity index (χ0n) is 11.2. The van der Waals surface area contributed by atoms with Crippen LogP contribution in [-0.2, 0) is 31.5 Å². The largest absolute Gasteiger partial charge is 0.483 e. The number of phosphoric ester groups is 2. The SMILES string of the molecule is O=P(OCCO)(OCCO)OP(=O)(OCCO)OCCO. The summed E-state index contributed by atoms with van der Waals surface area (Å²) in [5, 5.41) is 34.5. The lowest BCUT2D eigenvalue weighted by atomic mass is 10.8. The first-order valence-corrected chi connectivity index (χ1v) is 8.80. The summed E-state index contributed by atoms with van der Waals surface area (Å²) in [6, 6.07) is 0. The molecule has 0 aromatic carbocycles. The van der Waals surface area contributed by atoms with Crippen LogP contribution in [0.1, 0.15) is 0 Å². The Morgan fingerprint density at radius 1 is 0.571 bits per heavy atom. The van der Waals surface area contributed by atoms with E-state index < -0.39 is 68.5 Å². The number of rotatable bonds is 14. The van der Waals surface area contributed by atoms with Gasteiger partial charge in [-0.05, 0) is 0 Å². The van der Waals surface area contributed by atoms with Gasteiger partial charge in [0, 0.05) is 0 Å². The smallest absolute Gasteiger partial charge is 0.394 e. The second kappa shape index (κ2) is 11.6. The predicted octanol–water partition coefficient (Wildman–Crippen LogP) is -0.745. The average Bonchev–Trinajstić information content (AvgIpc) is 2.47. The summed E-state index contributed by atoms with van der Waals surface area (Å²) >= 11 is 0. The van der Waals surface area contributed by atoms with Crippen molar-refractivity contribution in [2.75, 3.05) is 52.9 Å². The number of hydrogen-bond donors (Lipinski definition) is 4. The van der Waals surface area contributed by atoms with Gasteiger partial charge in [-0.2, -0.15) is 4.31 Å². The Hall–Kier alpha value is 0.1000. The fourth-order valence-corrected chi connectivity index (χ4v) is 4.01.